The normalized spacial score (nSPS) is 22.8. The molecule has 0 spiro atoms. The Bertz CT molecular complexity index is 419. The minimum atomic E-state index is -3.56. The number of hydrogen-bond donors (Lipinski definition) is 1. The van der Waals surface area contributed by atoms with Crippen LogP contribution in [0, 0.1) is 0 Å². The standard InChI is InChI=1S/C9H16N2O5S/c1-3-10-4-5-11(17(2,15)16)7(9(10)14)6-8(12)13/h7H,3-6H2,1-2H3,(H,12,13). The molecule has 1 rings (SSSR count). The summed E-state index contributed by atoms with van der Waals surface area (Å²) in [5.41, 5.74) is 0. The monoisotopic (exact) mass is 264 g/mol. The van der Waals surface area contributed by atoms with Gasteiger partial charge >= 0.3 is 5.97 Å². The van der Waals surface area contributed by atoms with Crippen LogP contribution in [0.4, 0.5) is 0 Å². The number of rotatable bonds is 4. The first-order valence-electron chi connectivity index (χ1n) is 5.24. The maximum Gasteiger partial charge on any atom is 0.305 e. The third-order valence-electron chi connectivity index (χ3n) is 2.71. The molecule has 0 bridgehead atoms. The highest BCUT2D eigenvalue weighted by molar-refractivity contribution is 7.88. The number of amides is 1. The quantitative estimate of drug-likeness (QED) is 0.699. The minimum Gasteiger partial charge on any atom is -0.481 e. The number of nitrogens with zero attached hydrogens (tertiary/aromatic N) is 2. The molecule has 1 N–H and O–H groups in total. The molecule has 7 nitrogen and oxygen atoms in total. The summed E-state index contributed by atoms with van der Waals surface area (Å²) < 4.78 is 23.9. The van der Waals surface area contributed by atoms with E-state index in [2.05, 4.69) is 0 Å². The van der Waals surface area contributed by atoms with E-state index in [1.54, 1.807) is 6.92 Å². The lowest BCUT2D eigenvalue weighted by Gasteiger charge is -2.38. The summed E-state index contributed by atoms with van der Waals surface area (Å²) >= 11 is 0. The zero-order valence-corrected chi connectivity index (χ0v) is 10.6. The summed E-state index contributed by atoms with van der Waals surface area (Å²) in [5.74, 6) is -1.62. The van der Waals surface area contributed by atoms with Gasteiger partial charge in [0.25, 0.3) is 0 Å². The maximum atomic E-state index is 11.9. The first kappa shape index (κ1) is 13.9. The SMILES string of the molecule is CCN1CCN(S(C)(=O)=O)C(CC(=O)O)C1=O. The van der Waals surface area contributed by atoms with Crippen LogP contribution in [0.25, 0.3) is 0 Å². The Morgan fingerprint density at radius 2 is 2.06 bits per heavy atom. The zero-order chi connectivity index (χ0) is 13.2. The molecule has 0 aromatic carbocycles. The Hall–Kier alpha value is -1.15. The molecule has 1 unspecified atom stereocenters. The molecule has 1 amide bonds. The van der Waals surface area contributed by atoms with Crippen LogP contribution in [0.1, 0.15) is 13.3 Å². The molecule has 17 heavy (non-hydrogen) atoms. The van der Waals surface area contributed by atoms with E-state index in [4.69, 9.17) is 5.11 Å². The van der Waals surface area contributed by atoms with Gasteiger partial charge in [0.05, 0.1) is 12.7 Å². The van der Waals surface area contributed by atoms with Gasteiger partial charge in [-0.2, -0.15) is 4.31 Å². The molecular formula is C9H16N2O5S. The second-order valence-electron chi connectivity index (χ2n) is 3.91. The average Bonchev–Trinajstić information content (AvgIpc) is 2.18. The molecule has 8 heteroatoms. The van der Waals surface area contributed by atoms with Gasteiger partial charge in [-0.1, -0.05) is 0 Å². The van der Waals surface area contributed by atoms with Gasteiger partial charge in [0.15, 0.2) is 0 Å². The van der Waals surface area contributed by atoms with Crippen LogP contribution >= 0.6 is 0 Å². The van der Waals surface area contributed by atoms with Crippen molar-refractivity contribution in [1.82, 2.24) is 9.21 Å². The zero-order valence-electron chi connectivity index (χ0n) is 9.79. The highest BCUT2D eigenvalue weighted by Gasteiger charge is 2.39. The molecule has 1 heterocycles. The van der Waals surface area contributed by atoms with E-state index in [-0.39, 0.29) is 6.54 Å². The number of carbonyl (C=O) groups is 2. The van der Waals surface area contributed by atoms with Crippen LogP contribution in [-0.4, -0.2) is 66.5 Å². The molecule has 1 fully saturated rings. The molecule has 0 aliphatic carbocycles. The van der Waals surface area contributed by atoms with Crippen molar-refractivity contribution in [3.05, 3.63) is 0 Å². The number of aliphatic carboxylic acids is 1. The van der Waals surface area contributed by atoms with Gasteiger partial charge in [0.1, 0.15) is 6.04 Å². The fourth-order valence-corrected chi connectivity index (χ4v) is 2.92. The van der Waals surface area contributed by atoms with E-state index >= 15 is 0 Å². The lowest BCUT2D eigenvalue weighted by atomic mass is 10.1. The Morgan fingerprint density at radius 3 is 2.47 bits per heavy atom. The smallest absolute Gasteiger partial charge is 0.305 e. The van der Waals surface area contributed by atoms with E-state index in [1.807, 2.05) is 0 Å². The van der Waals surface area contributed by atoms with E-state index in [9.17, 15) is 18.0 Å². The summed E-state index contributed by atoms with van der Waals surface area (Å²) in [6.07, 6.45) is 0.485. The Balaban J connectivity index is 3.00. The van der Waals surface area contributed by atoms with Gasteiger partial charge in [-0.15, -0.1) is 0 Å². The number of carboxylic acid groups (broad SMARTS) is 1. The van der Waals surface area contributed by atoms with Crippen molar-refractivity contribution in [2.24, 2.45) is 0 Å². The maximum absolute atomic E-state index is 11.9. The second-order valence-corrected chi connectivity index (χ2v) is 5.84. The molecule has 1 saturated heterocycles. The lowest BCUT2D eigenvalue weighted by molar-refractivity contribution is -0.146. The Morgan fingerprint density at radius 1 is 1.47 bits per heavy atom. The summed E-state index contributed by atoms with van der Waals surface area (Å²) in [7, 11) is -3.56. The Kier molecular flexibility index (Phi) is 4.10. The van der Waals surface area contributed by atoms with Gasteiger partial charge < -0.3 is 10.0 Å². The predicted molar refractivity (Wildman–Crippen MR) is 59.8 cm³/mol. The molecule has 0 saturated carbocycles. The topological polar surface area (TPSA) is 95.0 Å². The van der Waals surface area contributed by atoms with Crippen molar-refractivity contribution in [2.75, 3.05) is 25.9 Å². The number of sulfonamides is 1. The van der Waals surface area contributed by atoms with Crippen LogP contribution in [-0.2, 0) is 19.6 Å². The predicted octanol–water partition coefficient (Wildman–Crippen LogP) is -1.05. The lowest BCUT2D eigenvalue weighted by Crippen LogP contribution is -2.58. The molecule has 1 aliphatic rings. The number of carbonyl (C=O) groups excluding carboxylic acids is 1. The van der Waals surface area contributed by atoms with Crippen LogP contribution in [0.3, 0.4) is 0 Å². The highest BCUT2D eigenvalue weighted by Crippen LogP contribution is 2.17. The molecule has 0 aromatic heterocycles. The van der Waals surface area contributed by atoms with Crippen LogP contribution in [0.5, 0.6) is 0 Å². The van der Waals surface area contributed by atoms with Crippen molar-refractivity contribution >= 4 is 21.9 Å². The van der Waals surface area contributed by atoms with Crippen molar-refractivity contribution in [3.8, 4) is 0 Å². The fourth-order valence-electron chi connectivity index (χ4n) is 1.88. The first-order valence-corrected chi connectivity index (χ1v) is 7.09. The van der Waals surface area contributed by atoms with Crippen molar-refractivity contribution in [2.45, 2.75) is 19.4 Å². The van der Waals surface area contributed by atoms with Crippen LogP contribution in [0.2, 0.25) is 0 Å². The minimum absolute atomic E-state index is 0.149. The fraction of sp³-hybridized carbons (Fsp3) is 0.778. The second kappa shape index (κ2) is 5.01. The summed E-state index contributed by atoms with van der Waals surface area (Å²) in [6.45, 7) is 2.67. The highest BCUT2D eigenvalue weighted by atomic mass is 32.2. The van der Waals surface area contributed by atoms with Gasteiger partial charge in [0, 0.05) is 19.6 Å². The summed E-state index contributed by atoms with van der Waals surface area (Å²) in [6, 6.07) is -1.11. The van der Waals surface area contributed by atoms with Gasteiger partial charge in [0.2, 0.25) is 15.9 Å². The molecule has 1 aliphatic heterocycles. The number of carboxylic acids is 1. The van der Waals surface area contributed by atoms with Gasteiger partial charge in [-0.3, -0.25) is 9.59 Å². The first-order chi connectivity index (χ1) is 7.77. The van der Waals surface area contributed by atoms with Crippen LogP contribution < -0.4 is 0 Å². The van der Waals surface area contributed by atoms with E-state index in [0.29, 0.717) is 13.1 Å². The molecule has 0 radical (unpaired) electrons. The van der Waals surface area contributed by atoms with Crippen molar-refractivity contribution in [3.63, 3.8) is 0 Å². The van der Waals surface area contributed by atoms with E-state index in [0.717, 1.165) is 10.6 Å². The van der Waals surface area contributed by atoms with E-state index in [1.165, 1.54) is 4.90 Å². The third-order valence-corrected chi connectivity index (χ3v) is 4.00. The Labute approximate surface area is 100 Å². The van der Waals surface area contributed by atoms with Crippen molar-refractivity contribution in [1.29, 1.82) is 0 Å². The average molecular weight is 264 g/mol. The van der Waals surface area contributed by atoms with Crippen LogP contribution in [0.15, 0.2) is 0 Å². The molecule has 98 valence electrons. The van der Waals surface area contributed by atoms with Gasteiger partial charge in [-0.05, 0) is 6.92 Å². The molecular weight excluding hydrogens is 248 g/mol. The number of hydrogen-bond acceptors (Lipinski definition) is 4. The molecule has 1 atom stereocenters. The number of likely N-dealkylation sites (N-methyl/N-ethyl adjacent to an activating group) is 1. The van der Waals surface area contributed by atoms with E-state index < -0.39 is 34.4 Å². The van der Waals surface area contributed by atoms with Gasteiger partial charge in [-0.25, -0.2) is 8.42 Å². The van der Waals surface area contributed by atoms with Crippen molar-refractivity contribution < 1.29 is 23.1 Å². The molecule has 0 aromatic rings. The summed E-state index contributed by atoms with van der Waals surface area (Å²) in [4.78, 5) is 24.1. The number of piperazine rings is 1. The third kappa shape index (κ3) is 3.16. The largest absolute Gasteiger partial charge is 0.481 e. The summed E-state index contributed by atoms with van der Waals surface area (Å²) in [5, 5.41) is 8.73.